The van der Waals surface area contributed by atoms with Crippen LogP contribution in [0.15, 0.2) is 42.5 Å². The average molecular weight is 303 g/mol. The maximum Gasteiger partial charge on any atom is 0.252 e. The Bertz CT molecular complexity index is 666. The van der Waals surface area contributed by atoms with Gasteiger partial charge in [0.1, 0.15) is 6.04 Å². The highest BCUT2D eigenvalue weighted by Crippen LogP contribution is 2.26. The SMILES string of the molecule is CC[C@@H](C(O)=S)N(Oc1cccc2ccccc12)C(C)=O. The minimum atomic E-state index is -0.642. The molecule has 1 amide bonds. The maximum atomic E-state index is 11.8. The van der Waals surface area contributed by atoms with E-state index in [0.717, 1.165) is 15.8 Å². The normalized spacial score (nSPS) is 11.9. The van der Waals surface area contributed by atoms with Gasteiger partial charge in [0.05, 0.1) is 0 Å². The molecular weight excluding hydrogens is 286 g/mol. The molecule has 0 radical (unpaired) electrons. The van der Waals surface area contributed by atoms with Gasteiger partial charge in [-0.25, -0.2) is 0 Å². The van der Waals surface area contributed by atoms with E-state index < -0.39 is 6.04 Å². The van der Waals surface area contributed by atoms with Crippen LogP contribution in [0.1, 0.15) is 20.3 Å². The lowest BCUT2D eigenvalue weighted by atomic mass is 10.1. The van der Waals surface area contributed by atoms with Crippen molar-refractivity contribution in [1.29, 1.82) is 0 Å². The molecule has 0 heterocycles. The number of hydroxylamine groups is 2. The summed E-state index contributed by atoms with van der Waals surface area (Å²) in [6.45, 7) is 3.21. The summed E-state index contributed by atoms with van der Waals surface area (Å²) in [6.07, 6.45) is 0.472. The number of aliphatic hydroxyl groups excluding tert-OH is 1. The predicted octanol–water partition coefficient (Wildman–Crippen LogP) is 3.65. The van der Waals surface area contributed by atoms with Crippen molar-refractivity contribution >= 4 is 33.9 Å². The molecule has 2 aromatic rings. The molecule has 2 rings (SSSR count). The Morgan fingerprint density at radius 2 is 1.95 bits per heavy atom. The summed E-state index contributed by atoms with van der Waals surface area (Å²) in [4.78, 5) is 17.6. The molecule has 0 aliphatic carbocycles. The van der Waals surface area contributed by atoms with Crippen LogP contribution >= 0.6 is 12.2 Å². The third-order valence-corrected chi connectivity index (χ3v) is 3.48. The fourth-order valence-corrected chi connectivity index (χ4v) is 2.43. The number of carbonyl (C=O) groups excluding carboxylic acids is 1. The number of thiocarbonyl (C=S) groups is 1. The Balaban J connectivity index is 2.40. The fraction of sp³-hybridized carbons (Fsp3) is 0.250. The van der Waals surface area contributed by atoms with E-state index in [4.69, 9.17) is 17.1 Å². The quantitative estimate of drug-likeness (QED) is 0.676. The number of aliphatic hydroxyl groups is 1. The summed E-state index contributed by atoms with van der Waals surface area (Å²) < 4.78 is 0. The van der Waals surface area contributed by atoms with Crippen LogP contribution in [-0.4, -0.2) is 27.2 Å². The number of nitrogens with zero attached hydrogens (tertiary/aromatic N) is 1. The zero-order valence-electron chi connectivity index (χ0n) is 11.9. The summed E-state index contributed by atoms with van der Waals surface area (Å²) >= 11 is 4.81. The number of fused-ring (bicyclic) bond motifs is 1. The highest BCUT2D eigenvalue weighted by molar-refractivity contribution is 7.80. The van der Waals surface area contributed by atoms with E-state index in [1.54, 1.807) is 6.07 Å². The van der Waals surface area contributed by atoms with E-state index in [0.29, 0.717) is 12.2 Å². The summed E-state index contributed by atoms with van der Waals surface area (Å²) in [6, 6.07) is 12.7. The van der Waals surface area contributed by atoms with Gasteiger partial charge in [0.2, 0.25) is 0 Å². The average Bonchev–Trinajstić information content (AvgIpc) is 2.46. The maximum absolute atomic E-state index is 11.8. The first-order valence-corrected chi connectivity index (χ1v) is 7.13. The monoisotopic (exact) mass is 303 g/mol. The molecule has 0 saturated carbocycles. The van der Waals surface area contributed by atoms with Crippen LogP contribution < -0.4 is 4.84 Å². The van der Waals surface area contributed by atoms with Crippen molar-refractivity contribution < 1.29 is 14.7 Å². The van der Waals surface area contributed by atoms with Crippen LogP contribution in [0.25, 0.3) is 10.8 Å². The Morgan fingerprint density at radius 1 is 1.29 bits per heavy atom. The second-order valence-electron chi connectivity index (χ2n) is 4.68. The molecule has 1 N–H and O–H groups in total. The number of hydrogen-bond acceptors (Lipinski definition) is 3. The number of carbonyl (C=O) groups is 1. The van der Waals surface area contributed by atoms with Crippen LogP contribution in [0, 0.1) is 0 Å². The molecule has 2 aromatic carbocycles. The van der Waals surface area contributed by atoms with Crippen molar-refractivity contribution in [2.45, 2.75) is 26.3 Å². The molecule has 0 bridgehead atoms. The zero-order chi connectivity index (χ0) is 15.4. The van der Waals surface area contributed by atoms with Crippen molar-refractivity contribution in [2.24, 2.45) is 0 Å². The molecule has 21 heavy (non-hydrogen) atoms. The van der Waals surface area contributed by atoms with Gasteiger partial charge >= 0.3 is 0 Å². The van der Waals surface area contributed by atoms with Crippen LogP contribution in [0.4, 0.5) is 0 Å². The number of amides is 1. The highest BCUT2D eigenvalue weighted by atomic mass is 32.1. The van der Waals surface area contributed by atoms with Crippen molar-refractivity contribution in [3.8, 4) is 5.75 Å². The smallest absolute Gasteiger partial charge is 0.252 e. The Hall–Kier alpha value is -2.14. The van der Waals surface area contributed by atoms with Gasteiger partial charge in [-0.2, -0.15) is 5.06 Å². The van der Waals surface area contributed by atoms with Crippen molar-refractivity contribution in [3.05, 3.63) is 42.5 Å². The third-order valence-electron chi connectivity index (χ3n) is 3.21. The molecule has 0 aliphatic rings. The van der Waals surface area contributed by atoms with Gasteiger partial charge in [0.25, 0.3) is 5.91 Å². The minimum Gasteiger partial charge on any atom is -0.500 e. The second-order valence-corrected chi connectivity index (χ2v) is 5.09. The summed E-state index contributed by atoms with van der Waals surface area (Å²) in [5, 5.41) is 12.4. The van der Waals surface area contributed by atoms with Crippen molar-refractivity contribution in [3.63, 3.8) is 0 Å². The van der Waals surface area contributed by atoms with Gasteiger partial charge in [0, 0.05) is 12.3 Å². The van der Waals surface area contributed by atoms with Gasteiger partial charge in [-0.1, -0.05) is 43.3 Å². The summed E-state index contributed by atoms with van der Waals surface area (Å²) in [5.74, 6) is 0.240. The van der Waals surface area contributed by atoms with E-state index >= 15 is 0 Å². The molecule has 0 saturated heterocycles. The second kappa shape index (κ2) is 6.54. The van der Waals surface area contributed by atoms with Gasteiger partial charge < -0.3 is 9.94 Å². The standard InChI is InChI=1S/C16H17NO3S/c1-3-14(16(19)21)17(11(2)18)20-15-10-6-8-12-7-4-5-9-13(12)15/h4-10,14H,3H2,1-2H3,(H,19,21)/t14-/m0/s1. The van der Waals surface area contributed by atoms with Crippen LogP contribution in [0.3, 0.4) is 0 Å². The van der Waals surface area contributed by atoms with Gasteiger partial charge in [0.15, 0.2) is 10.8 Å². The molecule has 0 fully saturated rings. The van der Waals surface area contributed by atoms with E-state index in [1.807, 2.05) is 43.3 Å². The Labute approximate surface area is 128 Å². The largest absolute Gasteiger partial charge is 0.500 e. The van der Waals surface area contributed by atoms with E-state index in [2.05, 4.69) is 0 Å². The zero-order valence-corrected chi connectivity index (χ0v) is 12.8. The van der Waals surface area contributed by atoms with Gasteiger partial charge in [-0.3, -0.25) is 4.79 Å². The third kappa shape index (κ3) is 3.31. The van der Waals surface area contributed by atoms with Crippen LogP contribution in [0.2, 0.25) is 0 Å². The molecule has 1 atom stereocenters. The van der Waals surface area contributed by atoms with Gasteiger partial charge in [-0.05, 0) is 30.1 Å². The highest BCUT2D eigenvalue weighted by Gasteiger charge is 2.26. The fourth-order valence-electron chi connectivity index (χ4n) is 2.17. The van der Waals surface area contributed by atoms with Crippen molar-refractivity contribution in [1.82, 2.24) is 5.06 Å². The lowest BCUT2D eigenvalue weighted by Gasteiger charge is -2.28. The first kappa shape index (κ1) is 15.3. The van der Waals surface area contributed by atoms with E-state index in [-0.39, 0.29) is 11.0 Å². The molecule has 4 nitrogen and oxygen atoms in total. The number of benzene rings is 2. The Morgan fingerprint density at radius 3 is 2.57 bits per heavy atom. The Kier molecular flexibility index (Phi) is 4.75. The molecule has 0 spiro atoms. The first-order chi connectivity index (χ1) is 10.0. The van der Waals surface area contributed by atoms with Crippen LogP contribution in [-0.2, 0) is 4.79 Å². The van der Waals surface area contributed by atoms with Gasteiger partial charge in [-0.15, -0.1) is 0 Å². The van der Waals surface area contributed by atoms with Crippen molar-refractivity contribution in [2.75, 3.05) is 0 Å². The van der Waals surface area contributed by atoms with Crippen LogP contribution in [0.5, 0.6) is 5.75 Å². The molecule has 5 heteroatoms. The first-order valence-electron chi connectivity index (χ1n) is 6.73. The predicted molar refractivity (Wildman–Crippen MR) is 86.4 cm³/mol. The van der Waals surface area contributed by atoms with E-state index in [9.17, 15) is 9.90 Å². The number of rotatable bonds is 5. The van der Waals surface area contributed by atoms with E-state index in [1.165, 1.54) is 6.92 Å². The molecule has 0 aliphatic heterocycles. The molecule has 0 aromatic heterocycles. The molecule has 0 unspecified atom stereocenters. The minimum absolute atomic E-state index is 0.257. The summed E-state index contributed by atoms with van der Waals surface area (Å²) in [5.41, 5.74) is 0. The molecule has 110 valence electrons. The number of hydrogen-bond donors (Lipinski definition) is 1. The lowest BCUT2D eigenvalue weighted by molar-refractivity contribution is -0.159. The summed E-state index contributed by atoms with van der Waals surface area (Å²) in [7, 11) is 0. The molecular formula is C16H17NO3S. The topological polar surface area (TPSA) is 49.8 Å². The lowest BCUT2D eigenvalue weighted by Crippen LogP contribution is -2.45.